The maximum Gasteiger partial charge on any atom is 0.257 e. The van der Waals surface area contributed by atoms with Gasteiger partial charge in [0.1, 0.15) is 5.54 Å². The van der Waals surface area contributed by atoms with E-state index >= 15 is 0 Å². The Hall–Kier alpha value is -1.59. The average molecular weight is 296 g/mol. The zero-order chi connectivity index (χ0) is 14.6. The highest BCUT2D eigenvalue weighted by Crippen LogP contribution is 2.29. The smallest absolute Gasteiger partial charge is 0.257 e. The van der Waals surface area contributed by atoms with E-state index in [0.717, 1.165) is 5.56 Å². The van der Waals surface area contributed by atoms with E-state index in [-0.39, 0.29) is 5.91 Å². The fraction of sp³-hybridized carbons (Fsp3) is 0.429. The monoisotopic (exact) mass is 295 g/mol. The van der Waals surface area contributed by atoms with E-state index in [2.05, 4.69) is 15.6 Å². The van der Waals surface area contributed by atoms with Crippen molar-refractivity contribution in [3.8, 4) is 0 Å². The summed E-state index contributed by atoms with van der Waals surface area (Å²) < 4.78 is 4.94. The van der Waals surface area contributed by atoms with Crippen molar-refractivity contribution < 1.29 is 9.53 Å². The molecule has 2 rings (SSSR count). The Morgan fingerprint density at radius 1 is 1.35 bits per heavy atom. The van der Waals surface area contributed by atoms with E-state index in [4.69, 9.17) is 16.3 Å². The van der Waals surface area contributed by atoms with Crippen LogP contribution in [0.1, 0.15) is 18.9 Å². The van der Waals surface area contributed by atoms with Crippen LogP contribution >= 0.6 is 11.6 Å². The molecule has 0 radical (unpaired) electrons. The molecule has 5 nitrogen and oxygen atoms in total. The summed E-state index contributed by atoms with van der Waals surface area (Å²) in [4.78, 5) is 16.6. The molecule has 1 aliphatic rings. The van der Waals surface area contributed by atoms with E-state index in [1.807, 2.05) is 19.1 Å². The number of hydrogen-bond acceptors (Lipinski definition) is 3. The van der Waals surface area contributed by atoms with Crippen LogP contribution in [0.5, 0.6) is 0 Å². The van der Waals surface area contributed by atoms with Crippen LogP contribution in [0.15, 0.2) is 29.3 Å². The molecule has 1 atom stereocenters. The van der Waals surface area contributed by atoms with Gasteiger partial charge in [-0.05, 0) is 24.1 Å². The first-order chi connectivity index (χ1) is 9.62. The van der Waals surface area contributed by atoms with Crippen LogP contribution in [-0.4, -0.2) is 32.1 Å². The average Bonchev–Trinajstić information content (AvgIpc) is 2.77. The summed E-state index contributed by atoms with van der Waals surface area (Å²) in [7, 11) is 1.62. The lowest BCUT2D eigenvalue weighted by Gasteiger charge is -2.25. The third-order valence-corrected chi connectivity index (χ3v) is 3.64. The summed E-state index contributed by atoms with van der Waals surface area (Å²) in [6, 6.07) is 7.28. The highest BCUT2D eigenvalue weighted by Gasteiger charge is 2.45. The Morgan fingerprint density at radius 2 is 2.05 bits per heavy atom. The number of carbonyl (C=O) groups is 1. The second-order valence-corrected chi connectivity index (χ2v) is 5.00. The molecule has 0 aliphatic carbocycles. The van der Waals surface area contributed by atoms with Gasteiger partial charge in [0.2, 0.25) is 0 Å². The highest BCUT2D eigenvalue weighted by molar-refractivity contribution is 6.30. The summed E-state index contributed by atoms with van der Waals surface area (Å²) in [5.41, 5.74) is 0.0927. The number of carbonyl (C=O) groups excluding carboxylic acids is 1. The second-order valence-electron chi connectivity index (χ2n) is 4.57. The molecule has 108 valence electrons. The topological polar surface area (TPSA) is 62.7 Å². The summed E-state index contributed by atoms with van der Waals surface area (Å²) in [5.74, 6) is 0.391. The van der Waals surface area contributed by atoms with Crippen molar-refractivity contribution in [2.45, 2.75) is 18.9 Å². The number of nitrogens with one attached hydrogen (secondary N) is 2. The van der Waals surface area contributed by atoms with Crippen molar-refractivity contribution in [3.05, 3.63) is 34.9 Å². The molecule has 1 aliphatic heterocycles. The molecule has 1 aromatic carbocycles. The van der Waals surface area contributed by atoms with Crippen LogP contribution in [0.2, 0.25) is 5.02 Å². The number of ether oxygens (including phenoxy) is 1. The Bertz CT molecular complexity index is 516. The number of aliphatic imine (C=N–C) groups is 1. The predicted molar refractivity (Wildman–Crippen MR) is 78.9 cm³/mol. The molecule has 1 saturated heterocycles. The van der Waals surface area contributed by atoms with E-state index in [0.29, 0.717) is 30.6 Å². The van der Waals surface area contributed by atoms with E-state index in [1.165, 1.54) is 0 Å². The van der Waals surface area contributed by atoms with E-state index in [9.17, 15) is 4.79 Å². The Labute approximate surface area is 123 Å². The molecule has 0 spiro atoms. The van der Waals surface area contributed by atoms with E-state index in [1.54, 1.807) is 19.2 Å². The van der Waals surface area contributed by atoms with Crippen LogP contribution in [0, 0.1) is 0 Å². The van der Waals surface area contributed by atoms with Gasteiger partial charge in [-0.3, -0.25) is 15.1 Å². The number of halogens is 1. The third-order valence-electron chi connectivity index (χ3n) is 3.38. The number of guanidine groups is 1. The van der Waals surface area contributed by atoms with Gasteiger partial charge in [-0.25, -0.2) is 0 Å². The Kier molecular flexibility index (Phi) is 4.62. The van der Waals surface area contributed by atoms with Crippen molar-refractivity contribution in [1.29, 1.82) is 0 Å². The normalized spacial score (nSPS) is 23.8. The zero-order valence-electron chi connectivity index (χ0n) is 11.6. The molecule has 0 bridgehead atoms. The predicted octanol–water partition coefficient (Wildman–Crippen LogP) is 1.67. The molecule has 1 amide bonds. The minimum Gasteiger partial charge on any atom is -0.383 e. The van der Waals surface area contributed by atoms with Gasteiger partial charge in [0.15, 0.2) is 5.96 Å². The summed E-state index contributed by atoms with van der Waals surface area (Å²) in [5, 5.41) is 6.61. The quantitative estimate of drug-likeness (QED) is 0.812. The van der Waals surface area contributed by atoms with Gasteiger partial charge in [-0.2, -0.15) is 0 Å². The number of rotatable bonds is 5. The summed E-state index contributed by atoms with van der Waals surface area (Å²) in [6.45, 7) is 2.97. The number of methoxy groups -OCH3 is 1. The van der Waals surface area contributed by atoms with Crippen LogP contribution < -0.4 is 10.6 Å². The highest BCUT2D eigenvalue weighted by atomic mass is 35.5. The molecule has 1 aromatic rings. The van der Waals surface area contributed by atoms with Crippen molar-refractivity contribution >= 4 is 23.5 Å². The van der Waals surface area contributed by atoms with Gasteiger partial charge in [0, 0.05) is 12.1 Å². The molecule has 1 fully saturated rings. The molecule has 1 unspecified atom stereocenters. The standard InChI is InChI=1S/C14H18ClN3O2/c1-3-14(10-4-6-11(15)7-5-10)12(19)17-13(18-14)16-8-9-20-2/h4-7H,3,8-9H2,1-2H3,(H2,16,17,18,19). The third kappa shape index (κ3) is 2.78. The van der Waals surface area contributed by atoms with Gasteiger partial charge >= 0.3 is 0 Å². The maximum absolute atomic E-state index is 12.3. The lowest BCUT2D eigenvalue weighted by molar-refractivity contribution is -0.124. The van der Waals surface area contributed by atoms with Crippen LogP contribution in [0.4, 0.5) is 0 Å². The first-order valence-corrected chi connectivity index (χ1v) is 6.89. The molecule has 1 heterocycles. The first kappa shape index (κ1) is 14.8. The Balaban J connectivity index is 2.25. The number of nitrogens with zero attached hydrogens (tertiary/aromatic N) is 1. The summed E-state index contributed by atoms with van der Waals surface area (Å²) in [6.07, 6.45) is 0.615. The van der Waals surface area contributed by atoms with Crippen LogP contribution in [-0.2, 0) is 15.1 Å². The van der Waals surface area contributed by atoms with Gasteiger partial charge in [-0.15, -0.1) is 0 Å². The van der Waals surface area contributed by atoms with Crippen LogP contribution in [0.25, 0.3) is 0 Å². The van der Waals surface area contributed by atoms with Gasteiger partial charge < -0.3 is 10.1 Å². The zero-order valence-corrected chi connectivity index (χ0v) is 12.3. The molecule has 0 aromatic heterocycles. The molecular formula is C14H18ClN3O2. The molecule has 2 N–H and O–H groups in total. The van der Waals surface area contributed by atoms with Crippen molar-refractivity contribution in [1.82, 2.24) is 10.6 Å². The maximum atomic E-state index is 12.3. The fourth-order valence-electron chi connectivity index (χ4n) is 2.22. The molecule has 6 heteroatoms. The fourth-order valence-corrected chi connectivity index (χ4v) is 2.35. The van der Waals surface area contributed by atoms with Crippen molar-refractivity contribution in [3.63, 3.8) is 0 Å². The first-order valence-electron chi connectivity index (χ1n) is 6.51. The molecule has 0 saturated carbocycles. The van der Waals surface area contributed by atoms with Gasteiger partial charge in [-0.1, -0.05) is 30.7 Å². The van der Waals surface area contributed by atoms with E-state index < -0.39 is 5.54 Å². The van der Waals surface area contributed by atoms with Gasteiger partial charge in [0.05, 0.1) is 13.2 Å². The SMILES string of the molecule is CCC1(c2ccc(Cl)cc2)NC(=NCCOC)NC1=O. The lowest BCUT2D eigenvalue weighted by atomic mass is 9.87. The summed E-state index contributed by atoms with van der Waals surface area (Å²) >= 11 is 5.90. The van der Waals surface area contributed by atoms with Crippen LogP contribution in [0.3, 0.4) is 0 Å². The minimum atomic E-state index is -0.781. The number of benzene rings is 1. The van der Waals surface area contributed by atoms with Crippen molar-refractivity contribution in [2.75, 3.05) is 20.3 Å². The van der Waals surface area contributed by atoms with Gasteiger partial charge in [0.25, 0.3) is 5.91 Å². The molecular weight excluding hydrogens is 278 g/mol. The number of hydrogen-bond donors (Lipinski definition) is 2. The van der Waals surface area contributed by atoms with Crippen molar-refractivity contribution in [2.24, 2.45) is 4.99 Å². The largest absolute Gasteiger partial charge is 0.383 e. The lowest BCUT2D eigenvalue weighted by Crippen LogP contribution is -2.43. The molecule has 20 heavy (non-hydrogen) atoms. The Morgan fingerprint density at radius 3 is 2.65 bits per heavy atom. The number of amides is 1. The second kappa shape index (κ2) is 6.24. The minimum absolute atomic E-state index is 0.0986.